The molecule has 0 heterocycles. The van der Waals surface area contributed by atoms with Crippen LogP contribution in [-0.4, -0.2) is 30.9 Å². The molecule has 0 amide bonds. The van der Waals surface area contributed by atoms with Crippen LogP contribution in [0, 0.1) is 5.92 Å². The molecule has 0 aliphatic heterocycles. The summed E-state index contributed by atoms with van der Waals surface area (Å²) in [5, 5.41) is -0.928. The van der Waals surface area contributed by atoms with Crippen molar-refractivity contribution >= 4 is 10.1 Å². The average Bonchev–Trinajstić information content (AvgIpc) is 2.27. The predicted molar refractivity (Wildman–Crippen MR) is 60.6 cm³/mol. The molecule has 0 aromatic heterocycles. The summed E-state index contributed by atoms with van der Waals surface area (Å²) in [5.41, 5.74) is -0.649. The third kappa shape index (κ3) is 1.75. The monoisotopic (exact) mass is 242 g/mol. The molecule has 2 rings (SSSR count). The maximum Gasteiger partial charge on any atom is 0.272 e. The molecule has 4 nitrogen and oxygen atoms in total. The summed E-state index contributed by atoms with van der Waals surface area (Å²) in [4.78, 5) is 0. The van der Waals surface area contributed by atoms with Gasteiger partial charge in [-0.05, 0) is 6.42 Å². The molecule has 0 radical (unpaired) electrons. The van der Waals surface area contributed by atoms with Gasteiger partial charge in [0.05, 0.1) is 5.60 Å². The van der Waals surface area contributed by atoms with Crippen LogP contribution in [0.15, 0.2) is 36.5 Å². The Bertz CT molecular complexity index is 460. The van der Waals surface area contributed by atoms with E-state index in [4.69, 9.17) is 4.74 Å². The molecule has 5 heteroatoms. The largest absolute Gasteiger partial charge is 0.373 e. The summed E-state index contributed by atoms with van der Waals surface area (Å²) < 4.78 is 37.2. The molecule has 0 aromatic carbocycles. The SMILES string of the molecule is COC12C=CC=CC1C(S(=O)(=O)O)C=CC2. The number of allylic oxidation sites excluding steroid dienone is 2. The zero-order chi connectivity index (χ0) is 11.8. The first-order valence-electron chi connectivity index (χ1n) is 5.04. The number of hydrogen-bond donors (Lipinski definition) is 1. The number of methoxy groups -OCH3 is 1. The van der Waals surface area contributed by atoms with Gasteiger partial charge in [0.1, 0.15) is 5.25 Å². The highest BCUT2D eigenvalue weighted by Crippen LogP contribution is 2.39. The molecule has 0 spiro atoms. The van der Waals surface area contributed by atoms with Gasteiger partial charge in [-0.3, -0.25) is 4.55 Å². The van der Waals surface area contributed by atoms with E-state index in [1.165, 1.54) is 6.08 Å². The van der Waals surface area contributed by atoms with Gasteiger partial charge in [0.25, 0.3) is 10.1 Å². The van der Waals surface area contributed by atoms with Gasteiger partial charge in [0, 0.05) is 13.0 Å². The maximum absolute atomic E-state index is 11.3. The summed E-state index contributed by atoms with van der Waals surface area (Å²) in [6.07, 6.45) is 11.1. The quantitative estimate of drug-likeness (QED) is 0.586. The second-order valence-corrected chi connectivity index (χ2v) is 5.62. The van der Waals surface area contributed by atoms with Crippen molar-refractivity contribution in [2.75, 3.05) is 7.11 Å². The average molecular weight is 242 g/mol. The van der Waals surface area contributed by atoms with E-state index < -0.39 is 21.0 Å². The number of ether oxygens (including phenoxy) is 1. The van der Waals surface area contributed by atoms with Gasteiger partial charge >= 0.3 is 0 Å². The highest BCUT2D eigenvalue weighted by molar-refractivity contribution is 7.86. The van der Waals surface area contributed by atoms with Crippen molar-refractivity contribution in [1.29, 1.82) is 0 Å². The van der Waals surface area contributed by atoms with Crippen molar-refractivity contribution < 1.29 is 17.7 Å². The van der Waals surface area contributed by atoms with E-state index in [1.54, 1.807) is 25.3 Å². The Hall–Kier alpha value is -0.910. The molecule has 16 heavy (non-hydrogen) atoms. The van der Waals surface area contributed by atoms with Crippen LogP contribution in [0.1, 0.15) is 6.42 Å². The van der Waals surface area contributed by atoms with E-state index in [2.05, 4.69) is 0 Å². The zero-order valence-electron chi connectivity index (χ0n) is 8.91. The van der Waals surface area contributed by atoms with Gasteiger partial charge in [-0.25, -0.2) is 0 Å². The Balaban J connectivity index is 2.47. The highest BCUT2D eigenvalue weighted by Gasteiger charge is 2.46. The second-order valence-electron chi connectivity index (χ2n) is 4.04. The Morgan fingerprint density at radius 1 is 1.38 bits per heavy atom. The topological polar surface area (TPSA) is 63.6 Å². The molecule has 0 bridgehead atoms. The van der Waals surface area contributed by atoms with Gasteiger partial charge < -0.3 is 4.74 Å². The van der Waals surface area contributed by atoms with Crippen LogP contribution < -0.4 is 0 Å². The molecule has 1 N–H and O–H groups in total. The van der Waals surface area contributed by atoms with E-state index >= 15 is 0 Å². The number of rotatable bonds is 2. The first-order valence-corrected chi connectivity index (χ1v) is 6.54. The van der Waals surface area contributed by atoms with E-state index in [-0.39, 0.29) is 5.92 Å². The van der Waals surface area contributed by atoms with Crippen molar-refractivity contribution in [3.8, 4) is 0 Å². The van der Waals surface area contributed by atoms with E-state index in [9.17, 15) is 13.0 Å². The highest BCUT2D eigenvalue weighted by atomic mass is 32.2. The fourth-order valence-corrected chi connectivity index (χ4v) is 3.35. The minimum Gasteiger partial charge on any atom is -0.373 e. The molecule has 2 aliphatic rings. The summed E-state index contributed by atoms with van der Waals surface area (Å²) >= 11 is 0. The lowest BCUT2D eigenvalue weighted by Crippen LogP contribution is -2.48. The van der Waals surface area contributed by atoms with Crippen LogP contribution >= 0.6 is 0 Å². The van der Waals surface area contributed by atoms with Gasteiger partial charge in [0.15, 0.2) is 0 Å². The normalized spacial score (nSPS) is 37.4. The standard InChI is InChI=1S/C11H14O4S/c1-15-11-7-3-2-5-9(11)10(6-4-8-11)16(12,13)14/h2-7,9-10H,8H2,1H3,(H,12,13,14). The van der Waals surface area contributed by atoms with Crippen LogP contribution in [0.4, 0.5) is 0 Å². The lowest BCUT2D eigenvalue weighted by Gasteiger charge is -2.41. The minimum atomic E-state index is -4.10. The van der Waals surface area contributed by atoms with Crippen LogP contribution in [-0.2, 0) is 14.9 Å². The Kier molecular flexibility index (Phi) is 2.77. The molecule has 0 fully saturated rings. The van der Waals surface area contributed by atoms with Gasteiger partial charge in [0.2, 0.25) is 0 Å². The smallest absolute Gasteiger partial charge is 0.272 e. The fourth-order valence-electron chi connectivity index (χ4n) is 2.35. The first-order chi connectivity index (χ1) is 7.49. The molecule has 88 valence electrons. The van der Waals surface area contributed by atoms with Crippen molar-refractivity contribution in [3.63, 3.8) is 0 Å². The molecule has 0 saturated heterocycles. The van der Waals surface area contributed by atoms with Crippen molar-refractivity contribution in [3.05, 3.63) is 36.5 Å². The van der Waals surface area contributed by atoms with Crippen LogP contribution in [0.5, 0.6) is 0 Å². The zero-order valence-corrected chi connectivity index (χ0v) is 9.72. The summed E-state index contributed by atoms with van der Waals surface area (Å²) in [6, 6.07) is 0. The third-order valence-electron chi connectivity index (χ3n) is 3.21. The number of fused-ring (bicyclic) bond motifs is 1. The van der Waals surface area contributed by atoms with Crippen molar-refractivity contribution in [2.24, 2.45) is 5.92 Å². The molecule has 2 aliphatic carbocycles. The van der Waals surface area contributed by atoms with E-state index in [1.807, 2.05) is 12.2 Å². The fraction of sp³-hybridized carbons (Fsp3) is 0.455. The summed E-state index contributed by atoms with van der Waals surface area (Å²) in [6.45, 7) is 0. The molecular weight excluding hydrogens is 228 g/mol. The van der Waals surface area contributed by atoms with Crippen LogP contribution in [0.2, 0.25) is 0 Å². The molecular formula is C11H14O4S. The van der Waals surface area contributed by atoms with E-state index in [0.717, 1.165) is 0 Å². The summed E-state index contributed by atoms with van der Waals surface area (Å²) in [5.74, 6) is -0.373. The van der Waals surface area contributed by atoms with Crippen molar-refractivity contribution in [1.82, 2.24) is 0 Å². The van der Waals surface area contributed by atoms with Gasteiger partial charge in [-0.15, -0.1) is 0 Å². The van der Waals surface area contributed by atoms with Crippen LogP contribution in [0.25, 0.3) is 0 Å². The van der Waals surface area contributed by atoms with Gasteiger partial charge in [-0.2, -0.15) is 8.42 Å². The Morgan fingerprint density at radius 2 is 2.12 bits per heavy atom. The first kappa shape index (κ1) is 11.6. The lowest BCUT2D eigenvalue weighted by atomic mass is 9.76. The predicted octanol–water partition coefficient (Wildman–Crippen LogP) is 1.33. The summed E-state index contributed by atoms with van der Waals surface area (Å²) in [7, 11) is -2.54. The molecule has 0 aromatic rings. The second kappa shape index (κ2) is 3.84. The van der Waals surface area contributed by atoms with Crippen LogP contribution in [0.3, 0.4) is 0 Å². The molecule has 0 saturated carbocycles. The lowest BCUT2D eigenvalue weighted by molar-refractivity contribution is -0.00351. The minimum absolute atomic E-state index is 0.373. The maximum atomic E-state index is 11.3. The van der Waals surface area contributed by atoms with E-state index in [0.29, 0.717) is 6.42 Å². The van der Waals surface area contributed by atoms with Crippen molar-refractivity contribution in [2.45, 2.75) is 17.3 Å². The number of hydrogen-bond acceptors (Lipinski definition) is 3. The van der Waals surface area contributed by atoms with Gasteiger partial charge in [-0.1, -0.05) is 36.5 Å². The molecule has 3 unspecified atom stereocenters. The Labute approximate surface area is 95.1 Å². The third-order valence-corrected chi connectivity index (χ3v) is 4.35. The Morgan fingerprint density at radius 3 is 2.75 bits per heavy atom. The molecule has 3 atom stereocenters.